The second-order valence-corrected chi connectivity index (χ2v) is 5.23. The summed E-state index contributed by atoms with van der Waals surface area (Å²) in [6, 6.07) is 15.6. The van der Waals surface area contributed by atoms with Gasteiger partial charge < -0.3 is 29.7 Å². The molecule has 2 rings (SSSR count). The Hall–Kier alpha value is -1.92. The van der Waals surface area contributed by atoms with Crippen molar-refractivity contribution < 1.29 is 49.8 Å². The van der Waals surface area contributed by atoms with Gasteiger partial charge in [-0.15, -0.1) is 0 Å². The number of carboxylic acid groups (broad SMARTS) is 3. The van der Waals surface area contributed by atoms with Gasteiger partial charge in [-0.2, -0.15) is 0 Å². The molecule has 0 bridgehead atoms. The SMILES string of the molecule is CC(=O)[O-].CC(=O)[O-].CC(=O)[O-].Clc1cccc(-c2ccccc2)c1Cl.[Ir+3]. The first-order chi connectivity index (χ1) is 12.0. The van der Waals surface area contributed by atoms with Crippen molar-refractivity contribution in [3.8, 4) is 11.1 Å². The first kappa shape index (κ1) is 29.8. The Bertz CT molecular complexity index is 668. The van der Waals surface area contributed by atoms with E-state index in [0.29, 0.717) is 10.0 Å². The van der Waals surface area contributed by atoms with E-state index in [4.69, 9.17) is 52.9 Å². The van der Waals surface area contributed by atoms with Crippen molar-refractivity contribution >= 4 is 41.1 Å². The standard InChI is InChI=1S/C12H8Cl2.3C2H4O2.Ir/c13-11-8-4-7-10(12(11)14)9-5-2-1-3-6-9;3*1-2(3)4;/h1-8H;3*1H3,(H,3,4);/q;;;;+3/p-3. The Balaban J connectivity index is -0.000000371. The van der Waals surface area contributed by atoms with Crippen molar-refractivity contribution in [2.75, 3.05) is 0 Å². The van der Waals surface area contributed by atoms with Crippen molar-refractivity contribution in [2.24, 2.45) is 0 Å². The summed E-state index contributed by atoms with van der Waals surface area (Å²) in [4.78, 5) is 26.7. The largest absolute Gasteiger partial charge is 3.00 e. The Morgan fingerprint density at radius 3 is 1.44 bits per heavy atom. The molecule has 0 radical (unpaired) electrons. The second-order valence-electron chi connectivity index (χ2n) is 4.44. The van der Waals surface area contributed by atoms with E-state index in [1.165, 1.54) is 0 Å². The topological polar surface area (TPSA) is 120 Å². The number of carbonyl (C=O) groups is 3. The number of halogens is 2. The van der Waals surface area contributed by atoms with Gasteiger partial charge in [-0.3, -0.25) is 0 Å². The van der Waals surface area contributed by atoms with Gasteiger partial charge in [0.2, 0.25) is 0 Å². The van der Waals surface area contributed by atoms with Crippen LogP contribution in [0.15, 0.2) is 48.5 Å². The van der Waals surface area contributed by atoms with Crippen LogP contribution >= 0.6 is 23.2 Å². The van der Waals surface area contributed by atoms with E-state index in [1.54, 1.807) is 6.07 Å². The number of rotatable bonds is 1. The molecule has 0 saturated carbocycles. The molecular formula is C18H17Cl2IrO6. The van der Waals surface area contributed by atoms with E-state index in [-0.39, 0.29) is 20.1 Å². The van der Waals surface area contributed by atoms with Crippen molar-refractivity contribution in [1.82, 2.24) is 0 Å². The second kappa shape index (κ2) is 17.5. The average molecular weight is 592 g/mol. The van der Waals surface area contributed by atoms with Gasteiger partial charge >= 0.3 is 20.1 Å². The molecule has 9 heteroatoms. The number of carbonyl (C=O) groups excluding carboxylic acids is 3. The summed E-state index contributed by atoms with van der Waals surface area (Å²) in [5.41, 5.74) is 2.06. The molecule has 0 aromatic heterocycles. The monoisotopic (exact) mass is 592 g/mol. The normalized spacial score (nSPS) is 8.04. The summed E-state index contributed by atoms with van der Waals surface area (Å²) >= 11 is 12.0. The molecule has 0 N–H and O–H groups in total. The van der Waals surface area contributed by atoms with E-state index in [9.17, 15) is 0 Å². The van der Waals surface area contributed by atoms with Crippen LogP contribution in [0.3, 0.4) is 0 Å². The summed E-state index contributed by atoms with van der Waals surface area (Å²) in [5, 5.41) is 27.9. The minimum atomic E-state index is -1.08. The summed E-state index contributed by atoms with van der Waals surface area (Å²) in [7, 11) is 0. The van der Waals surface area contributed by atoms with Gasteiger partial charge in [-0.25, -0.2) is 0 Å². The number of hydrogen-bond donors (Lipinski definition) is 0. The van der Waals surface area contributed by atoms with E-state index in [0.717, 1.165) is 31.9 Å². The van der Waals surface area contributed by atoms with Gasteiger partial charge in [-0.1, -0.05) is 65.7 Å². The number of aliphatic carboxylic acids is 3. The smallest absolute Gasteiger partial charge is 0.550 e. The van der Waals surface area contributed by atoms with Crippen molar-refractivity contribution in [3.05, 3.63) is 58.6 Å². The number of benzene rings is 2. The minimum absolute atomic E-state index is 0. The third kappa shape index (κ3) is 20.2. The number of hydrogen-bond acceptors (Lipinski definition) is 6. The maximum atomic E-state index is 8.89. The van der Waals surface area contributed by atoms with Gasteiger partial charge in [0.25, 0.3) is 0 Å². The van der Waals surface area contributed by atoms with Gasteiger partial charge in [0.1, 0.15) is 0 Å². The van der Waals surface area contributed by atoms with Crippen molar-refractivity contribution in [1.29, 1.82) is 0 Å². The zero-order valence-corrected chi connectivity index (χ0v) is 18.6. The summed E-state index contributed by atoms with van der Waals surface area (Å²) in [6.45, 7) is 2.92. The van der Waals surface area contributed by atoms with Crippen molar-refractivity contribution in [2.45, 2.75) is 20.8 Å². The van der Waals surface area contributed by atoms with Gasteiger partial charge in [0, 0.05) is 23.5 Å². The minimum Gasteiger partial charge on any atom is -0.550 e. The number of carboxylic acids is 3. The quantitative estimate of drug-likeness (QED) is 0.486. The fraction of sp³-hybridized carbons (Fsp3) is 0.167. The molecule has 27 heavy (non-hydrogen) atoms. The first-order valence-corrected chi connectivity index (χ1v) is 7.76. The van der Waals surface area contributed by atoms with Crippen LogP contribution in [-0.2, 0) is 34.5 Å². The third-order valence-corrected chi connectivity index (χ3v) is 2.86. The molecule has 6 nitrogen and oxygen atoms in total. The predicted octanol–water partition coefficient (Wildman–Crippen LogP) is 0.927. The van der Waals surface area contributed by atoms with Crippen LogP contribution in [0.2, 0.25) is 10.0 Å². The van der Waals surface area contributed by atoms with Gasteiger partial charge in [0.15, 0.2) is 0 Å². The molecule has 0 spiro atoms. The molecule has 0 heterocycles. The summed E-state index contributed by atoms with van der Waals surface area (Å²) in [5.74, 6) is -3.25. The first-order valence-electron chi connectivity index (χ1n) is 7.01. The molecule has 0 fully saturated rings. The fourth-order valence-electron chi connectivity index (χ4n) is 1.34. The van der Waals surface area contributed by atoms with Gasteiger partial charge in [-0.05, 0) is 32.4 Å². The van der Waals surface area contributed by atoms with Crippen LogP contribution in [-0.4, -0.2) is 17.9 Å². The molecule has 0 saturated heterocycles. The maximum Gasteiger partial charge on any atom is 3.00 e. The molecule has 0 unspecified atom stereocenters. The Labute approximate surface area is 181 Å². The zero-order valence-electron chi connectivity index (χ0n) is 14.7. The fourth-order valence-corrected chi connectivity index (χ4v) is 1.75. The molecule has 2 aromatic carbocycles. The van der Waals surface area contributed by atoms with Crippen molar-refractivity contribution in [3.63, 3.8) is 0 Å². The van der Waals surface area contributed by atoms with E-state index in [1.807, 2.05) is 42.5 Å². The predicted molar refractivity (Wildman–Crippen MR) is 93.9 cm³/mol. The zero-order chi connectivity index (χ0) is 20.7. The van der Waals surface area contributed by atoms with Crippen LogP contribution in [0.1, 0.15) is 20.8 Å². The molecule has 0 aliphatic heterocycles. The van der Waals surface area contributed by atoms with E-state index < -0.39 is 17.9 Å². The summed E-state index contributed by atoms with van der Waals surface area (Å²) < 4.78 is 0. The summed E-state index contributed by atoms with van der Waals surface area (Å²) in [6.07, 6.45) is 0. The van der Waals surface area contributed by atoms with Crippen LogP contribution in [0.25, 0.3) is 11.1 Å². The molecule has 0 aliphatic carbocycles. The molecule has 148 valence electrons. The molecule has 0 atom stereocenters. The molecule has 0 amide bonds. The molecule has 2 aromatic rings. The van der Waals surface area contributed by atoms with Crippen LogP contribution in [0.4, 0.5) is 0 Å². The van der Waals surface area contributed by atoms with Gasteiger partial charge in [0.05, 0.1) is 10.0 Å². The van der Waals surface area contributed by atoms with Crippen LogP contribution < -0.4 is 15.3 Å². The maximum absolute atomic E-state index is 8.89. The van der Waals surface area contributed by atoms with Crippen LogP contribution in [0.5, 0.6) is 0 Å². The Morgan fingerprint density at radius 2 is 1.07 bits per heavy atom. The molecular weight excluding hydrogens is 575 g/mol. The van der Waals surface area contributed by atoms with Crippen LogP contribution in [0, 0.1) is 0 Å². The van der Waals surface area contributed by atoms with E-state index >= 15 is 0 Å². The Kier molecular flexibility index (Phi) is 19.3. The average Bonchev–Trinajstić information content (AvgIpc) is 2.49. The molecule has 0 aliphatic rings. The van der Waals surface area contributed by atoms with E-state index in [2.05, 4.69) is 0 Å². The third-order valence-electron chi connectivity index (χ3n) is 2.04. The Morgan fingerprint density at radius 1 is 0.704 bits per heavy atom.